The number of carbonyl (C=O) groups is 1. The van der Waals surface area contributed by atoms with Gasteiger partial charge in [-0.15, -0.1) is 13.2 Å². The first-order chi connectivity index (χ1) is 12.0. The van der Waals surface area contributed by atoms with Crippen molar-refractivity contribution in [2.75, 3.05) is 33.1 Å². The van der Waals surface area contributed by atoms with Crippen molar-refractivity contribution in [1.82, 2.24) is 9.80 Å². The normalized spacial score (nSPS) is 16.0. The Morgan fingerprint density at radius 2 is 1.84 bits per heavy atom. The summed E-state index contributed by atoms with van der Waals surface area (Å²) in [6.45, 7) is 9.08. The van der Waals surface area contributed by atoms with Gasteiger partial charge >= 0.3 is 0 Å². The van der Waals surface area contributed by atoms with Crippen molar-refractivity contribution in [2.45, 2.75) is 12.8 Å². The molecule has 1 amide bonds. The first-order valence-corrected chi connectivity index (χ1v) is 9.29. The van der Waals surface area contributed by atoms with Gasteiger partial charge in [0.1, 0.15) is 5.75 Å². The summed E-state index contributed by atoms with van der Waals surface area (Å²) in [5, 5.41) is 10.4. The number of hydrogen-bond acceptors (Lipinski definition) is 4. The van der Waals surface area contributed by atoms with E-state index in [0.717, 1.165) is 34.7 Å². The summed E-state index contributed by atoms with van der Waals surface area (Å²) < 4.78 is 0. The number of hydrogen-bond donors (Lipinski definition) is 1. The zero-order valence-electron chi connectivity index (χ0n) is 15.0. The summed E-state index contributed by atoms with van der Waals surface area (Å²) in [7, 11) is 4.01. The Morgan fingerprint density at radius 1 is 1.24 bits per heavy atom. The molecular formula is C20H26N2O2S. The van der Waals surface area contributed by atoms with Crippen LogP contribution < -0.4 is 0 Å². The maximum Gasteiger partial charge on any atom is 0.261 e. The summed E-state index contributed by atoms with van der Waals surface area (Å²) in [5.41, 5.74) is 2.57. The first kappa shape index (κ1) is 19.3. The number of phenolic OH excluding ortho intramolecular Hbond substituents is 1. The lowest BCUT2D eigenvalue weighted by atomic mass is 9.99. The molecule has 1 fully saturated rings. The average molecular weight is 359 g/mol. The van der Waals surface area contributed by atoms with E-state index in [4.69, 9.17) is 0 Å². The smallest absolute Gasteiger partial charge is 0.261 e. The molecule has 1 N–H and O–H groups in total. The fraction of sp³-hybridized carbons (Fsp3) is 0.350. The standard InChI is InChI=1S/C20H26N2O2S/c1-5-7-16-11-15(12-17(8-6-2)19(16)23)13-18-20(24)22(14-25-18)10-9-21(3)4/h5-6,11-13,23H,1-2,7-10,14H2,3-4H3. The highest BCUT2D eigenvalue weighted by atomic mass is 32.2. The van der Waals surface area contributed by atoms with Gasteiger partial charge in [-0.3, -0.25) is 4.79 Å². The van der Waals surface area contributed by atoms with Crippen molar-refractivity contribution in [2.24, 2.45) is 0 Å². The third-order valence-corrected chi connectivity index (χ3v) is 5.05. The highest BCUT2D eigenvalue weighted by Gasteiger charge is 2.26. The Bertz CT molecular complexity index is 664. The van der Waals surface area contributed by atoms with Gasteiger partial charge in [-0.05, 0) is 61.8 Å². The summed E-state index contributed by atoms with van der Waals surface area (Å²) in [4.78, 5) is 17.2. The number of nitrogens with zero attached hydrogens (tertiary/aromatic N) is 2. The number of likely N-dealkylation sites (N-methyl/N-ethyl adjacent to an activating group) is 1. The summed E-state index contributed by atoms with van der Waals surface area (Å²) >= 11 is 1.56. The van der Waals surface area contributed by atoms with E-state index < -0.39 is 0 Å². The lowest BCUT2D eigenvalue weighted by Gasteiger charge is -2.17. The van der Waals surface area contributed by atoms with E-state index in [1.807, 2.05) is 37.2 Å². The number of thioether (sulfide) groups is 1. The van der Waals surface area contributed by atoms with Crippen LogP contribution in [0.1, 0.15) is 16.7 Å². The zero-order valence-corrected chi connectivity index (χ0v) is 15.8. The van der Waals surface area contributed by atoms with E-state index in [2.05, 4.69) is 18.1 Å². The molecule has 1 heterocycles. The van der Waals surface area contributed by atoms with Gasteiger partial charge in [0.2, 0.25) is 0 Å². The third kappa shape index (κ3) is 5.00. The van der Waals surface area contributed by atoms with Crippen LogP contribution in [-0.4, -0.2) is 53.9 Å². The Morgan fingerprint density at radius 3 is 2.36 bits per heavy atom. The molecule has 2 rings (SSSR count). The minimum Gasteiger partial charge on any atom is -0.507 e. The van der Waals surface area contributed by atoms with E-state index >= 15 is 0 Å². The number of rotatable bonds is 8. The molecule has 134 valence electrons. The molecule has 0 unspecified atom stereocenters. The van der Waals surface area contributed by atoms with Crippen molar-refractivity contribution < 1.29 is 9.90 Å². The van der Waals surface area contributed by atoms with Crippen molar-refractivity contribution in [3.8, 4) is 5.75 Å². The number of carbonyl (C=O) groups excluding carboxylic acids is 1. The average Bonchev–Trinajstić information content (AvgIpc) is 2.90. The number of allylic oxidation sites excluding steroid dienone is 2. The Hall–Kier alpha value is -1.98. The van der Waals surface area contributed by atoms with Gasteiger partial charge in [0.05, 0.1) is 10.8 Å². The zero-order chi connectivity index (χ0) is 18.4. The van der Waals surface area contributed by atoms with E-state index in [0.29, 0.717) is 24.5 Å². The van der Waals surface area contributed by atoms with Crippen LogP contribution in [0.3, 0.4) is 0 Å². The topological polar surface area (TPSA) is 43.8 Å². The molecule has 1 aliphatic rings. The van der Waals surface area contributed by atoms with Gasteiger partial charge < -0.3 is 14.9 Å². The Balaban J connectivity index is 2.26. The van der Waals surface area contributed by atoms with Gasteiger partial charge in [-0.2, -0.15) is 0 Å². The highest BCUT2D eigenvalue weighted by Crippen LogP contribution is 2.32. The van der Waals surface area contributed by atoms with Crippen LogP contribution in [-0.2, 0) is 17.6 Å². The third-order valence-electron chi connectivity index (χ3n) is 4.01. The van der Waals surface area contributed by atoms with Crippen LogP contribution in [0, 0.1) is 0 Å². The molecule has 0 radical (unpaired) electrons. The maximum absolute atomic E-state index is 12.5. The predicted molar refractivity (Wildman–Crippen MR) is 107 cm³/mol. The van der Waals surface area contributed by atoms with E-state index in [1.165, 1.54) is 0 Å². The number of aromatic hydroxyl groups is 1. The highest BCUT2D eigenvalue weighted by molar-refractivity contribution is 8.04. The molecule has 0 aliphatic carbocycles. The molecule has 4 nitrogen and oxygen atoms in total. The maximum atomic E-state index is 12.5. The van der Waals surface area contributed by atoms with Gasteiger partial charge in [-0.25, -0.2) is 0 Å². The van der Waals surface area contributed by atoms with Gasteiger partial charge in [0, 0.05) is 13.1 Å². The van der Waals surface area contributed by atoms with Crippen LogP contribution >= 0.6 is 11.8 Å². The Labute approximate surface area is 154 Å². The predicted octanol–water partition coefficient (Wildman–Crippen LogP) is 3.28. The molecule has 0 spiro atoms. The second kappa shape index (κ2) is 8.92. The Kier molecular flexibility index (Phi) is 6.91. The van der Waals surface area contributed by atoms with Gasteiger partial charge in [-0.1, -0.05) is 23.9 Å². The van der Waals surface area contributed by atoms with Crippen molar-refractivity contribution in [1.29, 1.82) is 0 Å². The van der Waals surface area contributed by atoms with E-state index in [-0.39, 0.29) is 5.91 Å². The number of amides is 1. The molecule has 1 saturated heterocycles. The molecule has 1 aromatic rings. The monoisotopic (exact) mass is 358 g/mol. The molecule has 1 aromatic carbocycles. The van der Waals surface area contributed by atoms with Crippen molar-refractivity contribution in [3.63, 3.8) is 0 Å². The fourth-order valence-electron chi connectivity index (χ4n) is 2.66. The fourth-order valence-corrected chi connectivity index (χ4v) is 3.67. The molecule has 5 heteroatoms. The van der Waals surface area contributed by atoms with Crippen LogP contribution in [0.2, 0.25) is 0 Å². The van der Waals surface area contributed by atoms with Crippen molar-refractivity contribution in [3.05, 3.63) is 59.0 Å². The number of phenols is 1. The minimum atomic E-state index is 0.0791. The van der Waals surface area contributed by atoms with Crippen LogP contribution in [0.15, 0.2) is 42.3 Å². The molecule has 0 aromatic heterocycles. The molecule has 0 bridgehead atoms. The number of benzene rings is 1. The minimum absolute atomic E-state index is 0.0791. The van der Waals surface area contributed by atoms with Crippen molar-refractivity contribution >= 4 is 23.7 Å². The second-order valence-corrected chi connectivity index (χ2v) is 7.31. The SMILES string of the molecule is C=CCc1cc(C=C2SCN(CCN(C)C)C2=O)cc(CC=C)c1O. The van der Waals surface area contributed by atoms with Gasteiger partial charge in [0.25, 0.3) is 5.91 Å². The van der Waals surface area contributed by atoms with Crippen LogP contribution in [0.4, 0.5) is 0 Å². The van der Waals surface area contributed by atoms with E-state index in [9.17, 15) is 9.90 Å². The molecule has 0 saturated carbocycles. The quantitative estimate of drug-likeness (QED) is 0.572. The molecule has 0 atom stereocenters. The molecule has 25 heavy (non-hydrogen) atoms. The van der Waals surface area contributed by atoms with E-state index in [1.54, 1.807) is 23.9 Å². The largest absolute Gasteiger partial charge is 0.507 e. The van der Waals surface area contributed by atoms with Crippen LogP contribution in [0.5, 0.6) is 5.75 Å². The summed E-state index contributed by atoms with van der Waals surface area (Å²) in [6.07, 6.45) is 6.62. The second-order valence-electron chi connectivity index (χ2n) is 6.33. The molecular weight excluding hydrogens is 332 g/mol. The molecule has 1 aliphatic heterocycles. The van der Waals surface area contributed by atoms with Gasteiger partial charge in [0.15, 0.2) is 0 Å². The lowest BCUT2D eigenvalue weighted by molar-refractivity contribution is -0.124. The lowest BCUT2D eigenvalue weighted by Crippen LogP contribution is -2.32. The first-order valence-electron chi connectivity index (χ1n) is 8.31. The summed E-state index contributed by atoms with van der Waals surface area (Å²) in [5.74, 6) is 1.06. The summed E-state index contributed by atoms with van der Waals surface area (Å²) in [6, 6.07) is 3.85. The van der Waals surface area contributed by atoms with Crippen LogP contribution in [0.25, 0.3) is 6.08 Å².